The van der Waals surface area contributed by atoms with Crippen LogP contribution in [0.15, 0.2) is 12.1 Å². The highest BCUT2D eigenvalue weighted by molar-refractivity contribution is 6.01. The number of aromatic nitrogens is 1. The second-order valence-electron chi connectivity index (χ2n) is 8.60. The van der Waals surface area contributed by atoms with Gasteiger partial charge in [-0.2, -0.15) is 4.98 Å². The molecule has 2 aliphatic heterocycles. The number of piperidine rings is 1. The molecule has 3 heterocycles. The molecule has 162 valence electrons. The van der Waals surface area contributed by atoms with Crippen LogP contribution in [0.5, 0.6) is 0 Å². The number of likely N-dealkylation sites (tertiary alicyclic amines) is 1. The Morgan fingerprint density at radius 1 is 1.10 bits per heavy atom. The molecule has 6 heteroatoms. The van der Waals surface area contributed by atoms with E-state index in [2.05, 4.69) is 21.9 Å². The van der Waals surface area contributed by atoms with Crippen LogP contribution in [0.25, 0.3) is 0 Å². The predicted octanol–water partition coefficient (Wildman–Crippen LogP) is 2.67. The number of aliphatic hydroxyl groups is 1. The molecule has 0 aromatic carbocycles. The van der Waals surface area contributed by atoms with Gasteiger partial charge in [0.25, 0.3) is 0 Å². The van der Waals surface area contributed by atoms with E-state index >= 15 is 0 Å². The summed E-state index contributed by atoms with van der Waals surface area (Å²) < 4.78 is 0. The molecule has 6 nitrogen and oxygen atoms in total. The zero-order valence-corrected chi connectivity index (χ0v) is 18.2. The van der Waals surface area contributed by atoms with Gasteiger partial charge in [0.15, 0.2) is 0 Å². The minimum absolute atomic E-state index is 0.258. The van der Waals surface area contributed by atoms with Crippen molar-refractivity contribution in [2.45, 2.75) is 70.3 Å². The van der Waals surface area contributed by atoms with E-state index in [4.69, 9.17) is 10.4 Å². The topological polar surface area (TPSA) is 80.1 Å². The van der Waals surface area contributed by atoms with Crippen molar-refractivity contribution in [1.82, 2.24) is 9.88 Å². The van der Waals surface area contributed by atoms with Gasteiger partial charge < -0.3 is 15.4 Å². The molecule has 1 unspecified atom stereocenters. The molecule has 1 aromatic rings. The number of nitrogens with two attached hydrogens (primary N) is 1. The fourth-order valence-electron chi connectivity index (χ4n) is 4.75. The Kier molecular flexibility index (Phi) is 8.90. The molecule has 0 bridgehead atoms. The lowest BCUT2D eigenvalue weighted by atomic mass is 10.0. The molecule has 0 spiro atoms. The third-order valence-electron chi connectivity index (χ3n) is 6.52. The number of hydrogen-bond donors (Lipinski definition) is 3. The average molecular weight is 403 g/mol. The molecule has 1 aromatic heterocycles. The molecule has 0 radical (unpaired) electrons. The van der Waals surface area contributed by atoms with Crippen LogP contribution < -0.4 is 10.2 Å². The summed E-state index contributed by atoms with van der Waals surface area (Å²) in [5.41, 5.74) is 1.66. The van der Waals surface area contributed by atoms with Crippen molar-refractivity contribution >= 4 is 17.3 Å². The Morgan fingerprint density at radius 3 is 2.55 bits per heavy atom. The van der Waals surface area contributed by atoms with Crippen LogP contribution in [-0.4, -0.2) is 66.6 Å². The molecule has 3 rings (SSSR count). The number of quaternary nitrogens is 1. The van der Waals surface area contributed by atoms with Gasteiger partial charge in [0.1, 0.15) is 5.82 Å². The van der Waals surface area contributed by atoms with Crippen molar-refractivity contribution in [2.24, 2.45) is 0 Å². The molecular weight excluding hydrogens is 362 g/mol. The van der Waals surface area contributed by atoms with Crippen molar-refractivity contribution in [3.8, 4) is 0 Å². The summed E-state index contributed by atoms with van der Waals surface area (Å²) in [6, 6.07) is 4.54. The van der Waals surface area contributed by atoms with Gasteiger partial charge in [-0.15, -0.1) is 0 Å². The smallest absolute Gasteiger partial charge is 0.235 e. The summed E-state index contributed by atoms with van der Waals surface area (Å²) >= 11 is 0. The van der Waals surface area contributed by atoms with E-state index in [0.29, 0.717) is 11.8 Å². The van der Waals surface area contributed by atoms with Crippen molar-refractivity contribution in [1.29, 1.82) is 5.41 Å². The van der Waals surface area contributed by atoms with Gasteiger partial charge in [-0.05, 0) is 63.7 Å². The van der Waals surface area contributed by atoms with Crippen LogP contribution in [0.2, 0.25) is 0 Å². The molecule has 2 aliphatic rings. The van der Waals surface area contributed by atoms with Crippen LogP contribution >= 0.6 is 0 Å². The molecule has 0 saturated carbocycles. The molecule has 2 fully saturated rings. The molecule has 0 amide bonds. The third kappa shape index (κ3) is 6.24. The maximum atomic E-state index is 9.58. The SMILES string of the molecule is C[NH2+]c1nc(N2CCCCCCC2)ccc1C(=N)CCCN1CCCCC1CO. The molecule has 4 N–H and O–H groups in total. The largest absolute Gasteiger partial charge is 0.395 e. The first-order valence-electron chi connectivity index (χ1n) is 11.7. The number of aliphatic hydroxyl groups excluding tert-OH is 1. The van der Waals surface area contributed by atoms with Crippen molar-refractivity contribution in [3.63, 3.8) is 0 Å². The number of rotatable bonds is 8. The molecule has 1 atom stereocenters. The van der Waals surface area contributed by atoms with Crippen LogP contribution in [0.4, 0.5) is 11.6 Å². The van der Waals surface area contributed by atoms with E-state index in [1.54, 1.807) is 0 Å². The summed E-state index contributed by atoms with van der Waals surface area (Å²) in [6.45, 7) is 4.49. The summed E-state index contributed by atoms with van der Waals surface area (Å²) in [5, 5.41) is 20.3. The van der Waals surface area contributed by atoms with E-state index in [-0.39, 0.29) is 6.61 Å². The lowest BCUT2D eigenvalue weighted by Gasteiger charge is -2.34. The number of anilines is 1. The minimum atomic E-state index is 0.258. The first-order chi connectivity index (χ1) is 14.2. The number of hydrogen-bond acceptors (Lipinski definition) is 5. The summed E-state index contributed by atoms with van der Waals surface area (Å²) in [4.78, 5) is 9.75. The van der Waals surface area contributed by atoms with Gasteiger partial charge in [-0.3, -0.25) is 10.2 Å². The highest BCUT2D eigenvalue weighted by Gasteiger charge is 2.22. The van der Waals surface area contributed by atoms with Gasteiger partial charge >= 0.3 is 0 Å². The van der Waals surface area contributed by atoms with E-state index < -0.39 is 0 Å². The third-order valence-corrected chi connectivity index (χ3v) is 6.52. The maximum Gasteiger partial charge on any atom is 0.235 e. The van der Waals surface area contributed by atoms with E-state index in [1.807, 2.05) is 12.4 Å². The number of pyridine rings is 1. The second-order valence-corrected chi connectivity index (χ2v) is 8.60. The molecule has 2 saturated heterocycles. The van der Waals surface area contributed by atoms with Gasteiger partial charge in [0.2, 0.25) is 5.82 Å². The van der Waals surface area contributed by atoms with Gasteiger partial charge in [0, 0.05) is 24.8 Å². The first kappa shape index (κ1) is 22.2. The zero-order valence-electron chi connectivity index (χ0n) is 18.2. The Morgan fingerprint density at radius 2 is 1.83 bits per heavy atom. The normalized spacial score (nSPS) is 21.6. The average Bonchev–Trinajstić information content (AvgIpc) is 2.73. The summed E-state index contributed by atoms with van der Waals surface area (Å²) in [7, 11) is 2.02. The van der Waals surface area contributed by atoms with Crippen LogP contribution in [0, 0.1) is 5.41 Å². The monoisotopic (exact) mass is 402 g/mol. The number of nitrogens with one attached hydrogen (secondary N) is 1. The fraction of sp³-hybridized carbons (Fsp3) is 0.739. The second kappa shape index (κ2) is 11.6. The quantitative estimate of drug-likeness (QED) is 0.584. The Labute approximate surface area is 176 Å². The fourth-order valence-corrected chi connectivity index (χ4v) is 4.75. The van der Waals surface area contributed by atoms with Gasteiger partial charge in [-0.25, -0.2) is 0 Å². The van der Waals surface area contributed by atoms with Crippen molar-refractivity contribution in [3.05, 3.63) is 17.7 Å². The van der Waals surface area contributed by atoms with E-state index in [9.17, 15) is 5.11 Å². The Hall–Kier alpha value is -1.50. The lowest BCUT2D eigenvalue weighted by Crippen LogP contribution is -2.74. The van der Waals surface area contributed by atoms with Crippen molar-refractivity contribution < 1.29 is 10.4 Å². The highest BCUT2D eigenvalue weighted by Crippen LogP contribution is 2.22. The van der Waals surface area contributed by atoms with Gasteiger partial charge in [-0.1, -0.05) is 25.7 Å². The molecule has 0 aliphatic carbocycles. The van der Waals surface area contributed by atoms with Crippen LogP contribution in [0.1, 0.15) is 69.8 Å². The number of nitrogens with zero attached hydrogens (tertiary/aromatic N) is 3. The summed E-state index contributed by atoms with van der Waals surface area (Å²) in [6.07, 6.45) is 11.8. The Balaban J connectivity index is 1.58. The maximum absolute atomic E-state index is 9.58. The predicted molar refractivity (Wildman–Crippen MR) is 119 cm³/mol. The summed E-state index contributed by atoms with van der Waals surface area (Å²) in [5.74, 6) is 2.01. The Bertz CT molecular complexity index is 642. The highest BCUT2D eigenvalue weighted by atomic mass is 16.3. The van der Waals surface area contributed by atoms with E-state index in [1.165, 1.54) is 44.9 Å². The van der Waals surface area contributed by atoms with Crippen molar-refractivity contribution in [2.75, 3.05) is 44.7 Å². The standard InChI is InChI=1S/C23H39N5O/c1-25-23-20(12-13-22(26-23)28-15-6-3-2-4-7-16-28)21(24)11-9-17-27-14-8-5-10-19(27)18-29/h12-13,19,24,29H,2-11,14-18H2,1H3,(H,25,26)/p+1. The van der Waals surface area contributed by atoms with Crippen LogP contribution in [-0.2, 0) is 0 Å². The van der Waals surface area contributed by atoms with E-state index in [0.717, 1.165) is 62.6 Å². The minimum Gasteiger partial charge on any atom is -0.395 e. The van der Waals surface area contributed by atoms with Gasteiger partial charge in [0.05, 0.1) is 19.2 Å². The molecule has 29 heavy (non-hydrogen) atoms. The molecular formula is C23H40N5O+. The zero-order chi connectivity index (χ0) is 20.5. The first-order valence-corrected chi connectivity index (χ1v) is 11.7. The van der Waals surface area contributed by atoms with Crippen LogP contribution in [0.3, 0.4) is 0 Å². The lowest BCUT2D eigenvalue weighted by molar-refractivity contribution is -0.543.